The number of hydrogen-bond acceptors (Lipinski definition) is 1. The van der Waals surface area contributed by atoms with E-state index in [0.29, 0.717) is 0 Å². The highest BCUT2D eigenvalue weighted by Gasteiger charge is 2.39. The van der Waals surface area contributed by atoms with Gasteiger partial charge in [-0.3, -0.25) is 0 Å². The van der Waals surface area contributed by atoms with Crippen molar-refractivity contribution in [2.45, 2.75) is 77.7 Å². The lowest BCUT2D eigenvalue weighted by Crippen LogP contribution is -2.44. The van der Waals surface area contributed by atoms with Crippen LogP contribution >= 0.6 is 0 Å². The molecular formula is C18H30O. The van der Waals surface area contributed by atoms with Crippen LogP contribution in [-0.4, -0.2) is 10.7 Å². The lowest BCUT2D eigenvalue weighted by molar-refractivity contribution is -0.00108. The molecule has 0 aliphatic heterocycles. The fraction of sp³-hybridized carbons (Fsp3) is 0.667. The van der Waals surface area contributed by atoms with Crippen molar-refractivity contribution in [1.29, 1.82) is 0 Å². The number of rotatable bonds is 5. The van der Waals surface area contributed by atoms with Crippen molar-refractivity contribution < 1.29 is 5.11 Å². The van der Waals surface area contributed by atoms with Crippen LogP contribution in [0.1, 0.15) is 72.4 Å². The first-order valence-corrected chi connectivity index (χ1v) is 7.42. The number of aliphatic hydroxyl groups is 1. The summed E-state index contributed by atoms with van der Waals surface area (Å²) in [5, 5.41) is 10.5. The molecule has 1 nitrogen and oxygen atoms in total. The topological polar surface area (TPSA) is 20.2 Å². The van der Waals surface area contributed by atoms with E-state index in [1.165, 1.54) is 11.1 Å². The molecule has 1 atom stereocenters. The van der Waals surface area contributed by atoms with Gasteiger partial charge in [0.2, 0.25) is 0 Å². The molecule has 1 N–H and O–H groups in total. The number of benzene rings is 1. The molecule has 19 heavy (non-hydrogen) atoms. The van der Waals surface area contributed by atoms with Crippen LogP contribution in [0.15, 0.2) is 24.3 Å². The third-order valence-electron chi connectivity index (χ3n) is 5.24. The average Bonchev–Trinajstić information content (AvgIpc) is 2.36. The Morgan fingerprint density at radius 3 is 1.53 bits per heavy atom. The van der Waals surface area contributed by atoms with Crippen LogP contribution in [0.2, 0.25) is 0 Å². The van der Waals surface area contributed by atoms with Crippen molar-refractivity contribution in [3.05, 3.63) is 35.4 Å². The first-order chi connectivity index (χ1) is 8.58. The Balaban J connectivity index is 3.18. The molecular weight excluding hydrogens is 232 g/mol. The Bertz CT molecular complexity index is 408. The Morgan fingerprint density at radius 2 is 1.21 bits per heavy atom. The van der Waals surface area contributed by atoms with Crippen molar-refractivity contribution >= 4 is 0 Å². The third kappa shape index (κ3) is 3.02. The van der Waals surface area contributed by atoms with Gasteiger partial charge in [0.15, 0.2) is 0 Å². The predicted octanol–water partition coefficient (Wildman–Crippen LogP) is 4.81. The Hall–Kier alpha value is -0.820. The van der Waals surface area contributed by atoms with Crippen LogP contribution in [0.25, 0.3) is 0 Å². The van der Waals surface area contributed by atoms with E-state index in [1.807, 2.05) is 13.8 Å². The minimum Gasteiger partial charge on any atom is -0.390 e. The van der Waals surface area contributed by atoms with Gasteiger partial charge in [0.25, 0.3) is 0 Å². The first kappa shape index (κ1) is 16.2. The largest absolute Gasteiger partial charge is 0.390 e. The van der Waals surface area contributed by atoms with Crippen LogP contribution in [0.3, 0.4) is 0 Å². The molecule has 0 saturated carbocycles. The summed E-state index contributed by atoms with van der Waals surface area (Å²) in [6.45, 7) is 14.9. The molecule has 0 aromatic heterocycles. The summed E-state index contributed by atoms with van der Waals surface area (Å²) in [6.07, 6.45) is 2.05. The van der Waals surface area contributed by atoms with Gasteiger partial charge in [0.05, 0.1) is 5.60 Å². The molecule has 1 aromatic rings. The van der Waals surface area contributed by atoms with Crippen molar-refractivity contribution in [3.8, 4) is 0 Å². The molecule has 1 heteroatoms. The van der Waals surface area contributed by atoms with Gasteiger partial charge < -0.3 is 5.11 Å². The maximum atomic E-state index is 10.5. The van der Waals surface area contributed by atoms with Crippen molar-refractivity contribution in [2.24, 2.45) is 0 Å². The van der Waals surface area contributed by atoms with Gasteiger partial charge in [0.1, 0.15) is 0 Å². The van der Waals surface area contributed by atoms with Gasteiger partial charge in [-0.05, 0) is 43.2 Å². The minimum atomic E-state index is -0.719. The Morgan fingerprint density at radius 1 is 0.789 bits per heavy atom. The van der Waals surface area contributed by atoms with Gasteiger partial charge in [-0.25, -0.2) is 0 Å². The van der Waals surface area contributed by atoms with E-state index in [1.54, 1.807) is 0 Å². The van der Waals surface area contributed by atoms with Gasteiger partial charge in [-0.2, -0.15) is 0 Å². The highest BCUT2D eigenvalue weighted by molar-refractivity contribution is 5.34. The molecule has 1 aromatic carbocycles. The van der Waals surface area contributed by atoms with E-state index in [-0.39, 0.29) is 10.8 Å². The van der Waals surface area contributed by atoms with E-state index in [2.05, 4.69) is 58.9 Å². The van der Waals surface area contributed by atoms with Crippen molar-refractivity contribution in [3.63, 3.8) is 0 Å². The molecule has 0 saturated heterocycles. The fourth-order valence-corrected chi connectivity index (χ4v) is 2.48. The van der Waals surface area contributed by atoms with E-state index in [0.717, 1.165) is 12.8 Å². The summed E-state index contributed by atoms with van der Waals surface area (Å²) in [5.41, 5.74) is 1.88. The van der Waals surface area contributed by atoms with Crippen LogP contribution in [0.4, 0.5) is 0 Å². The smallest absolute Gasteiger partial charge is 0.0685 e. The normalized spacial score (nSPS) is 16.2. The fourth-order valence-electron chi connectivity index (χ4n) is 2.48. The van der Waals surface area contributed by atoms with E-state index < -0.39 is 5.60 Å². The molecule has 1 unspecified atom stereocenters. The minimum absolute atomic E-state index is 0.206. The van der Waals surface area contributed by atoms with Gasteiger partial charge >= 0.3 is 0 Å². The summed E-state index contributed by atoms with van der Waals surface area (Å²) < 4.78 is 0. The van der Waals surface area contributed by atoms with Crippen molar-refractivity contribution in [2.75, 3.05) is 0 Å². The second-order valence-electron chi connectivity index (χ2n) is 7.06. The molecule has 0 heterocycles. The first-order valence-electron chi connectivity index (χ1n) is 7.42. The highest BCUT2D eigenvalue weighted by Crippen LogP contribution is 2.39. The Kier molecular flexibility index (Phi) is 4.51. The summed E-state index contributed by atoms with van der Waals surface area (Å²) in [5.74, 6) is 0. The molecule has 0 radical (unpaired) electrons. The van der Waals surface area contributed by atoms with E-state index >= 15 is 0 Å². The molecule has 108 valence electrons. The summed E-state index contributed by atoms with van der Waals surface area (Å²) in [4.78, 5) is 0. The maximum absolute atomic E-state index is 10.5. The molecule has 0 spiro atoms. The summed E-state index contributed by atoms with van der Waals surface area (Å²) in [6, 6.07) is 8.82. The van der Waals surface area contributed by atoms with Crippen LogP contribution < -0.4 is 0 Å². The summed E-state index contributed by atoms with van der Waals surface area (Å²) in [7, 11) is 0. The monoisotopic (exact) mass is 262 g/mol. The quantitative estimate of drug-likeness (QED) is 0.807. The van der Waals surface area contributed by atoms with Gasteiger partial charge in [-0.15, -0.1) is 0 Å². The van der Waals surface area contributed by atoms with Crippen molar-refractivity contribution in [1.82, 2.24) is 0 Å². The average molecular weight is 262 g/mol. The molecule has 0 fully saturated rings. The predicted molar refractivity (Wildman–Crippen MR) is 83.7 cm³/mol. The molecule has 0 bridgehead atoms. The second kappa shape index (κ2) is 5.28. The lowest BCUT2D eigenvalue weighted by atomic mass is 9.68. The van der Waals surface area contributed by atoms with Crippen LogP contribution in [0, 0.1) is 0 Å². The highest BCUT2D eigenvalue weighted by atomic mass is 16.3. The zero-order valence-corrected chi connectivity index (χ0v) is 13.7. The zero-order chi connectivity index (χ0) is 14.9. The second-order valence-corrected chi connectivity index (χ2v) is 7.06. The summed E-state index contributed by atoms with van der Waals surface area (Å²) >= 11 is 0. The molecule has 0 amide bonds. The van der Waals surface area contributed by atoms with E-state index in [4.69, 9.17) is 0 Å². The lowest BCUT2D eigenvalue weighted by Gasteiger charge is -2.40. The molecule has 0 aliphatic rings. The molecule has 0 aliphatic carbocycles. The van der Waals surface area contributed by atoms with Gasteiger partial charge in [0, 0.05) is 5.41 Å². The zero-order valence-electron chi connectivity index (χ0n) is 13.7. The third-order valence-corrected chi connectivity index (χ3v) is 5.24. The van der Waals surface area contributed by atoms with Crippen LogP contribution in [0.5, 0.6) is 0 Å². The van der Waals surface area contributed by atoms with E-state index in [9.17, 15) is 5.11 Å². The Labute approximate surface area is 119 Å². The molecule has 1 rings (SSSR count). The standard InChI is InChI=1S/C18H30O/c1-8-16(3,4)14-10-12-15(13-11-14)18(7,9-2)17(5,6)19/h10-13,19H,8-9H2,1-7H3. The van der Waals surface area contributed by atoms with Gasteiger partial charge in [-0.1, -0.05) is 58.9 Å². The number of hydrogen-bond donors (Lipinski definition) is 1. The SMILES string of the molecule is CCC(C)(C)c1ccc(C(C)(CC)C(C)(C)O)cc1. The maximum Gasteiger partial charge on any atom is 0.0685 e. The van der Waals surface area contributed by atoms with Crippen LogP contribution in [-0.2, 0) is 10.8 Å².